The minimum Gasteiger partial charge on any atom is -0.371 e. The van der Waals surface area contributed by atoms with Gasteiger partial charge in [0.1, 0.15) is 18.0 Å². The maximum absolute atomic E-state index is 13.0. The van der Waals surface area contributed by atoms with Crippen molar-refractivity contribution in [2.75, 3.05) is 12.4 Å². The average Bonchev–Trinajstić information content (AvgIpc) is 2.60. The van der Waals surface area contributed by atoms with E-state index in [9.17, 15) is 19.6 Å². The molecule has 162 valence electrons. The molecule has 4 N–H and O–H groups in total. The summed E-state index contributed by atoms with van der Waals surface area (Å²) in [5, 5.41) is 13.6. The van der Waals surface area contributed by atoms with Crippen LogP contribution < -0.4 is 11.1 Å². The van der Waals surface area contributed by atoms with Crippen LogP contribution in [0.4, 0.5) is 5.82 Å². The molecular formula is C20H32N4O5. The Bertz CT molecular complexity index is 703. The first-order chi connectivity index (χ1) is 13.4. The molecule has 9 nitrogen and oxygen atoms in total. The van der Waals surface area contributed by atoms with Gasteiger partial charge in [0.15, 0.2) is 0 Å². The van der Waals surface area contributed by atoms with E-state index in [1.54, 1.807) is 39.0 Å². The molecule has 3 amide bonds. The summed E-state index contributed by atoms with van der Waals surface area (Å²) in [5.41, 5.74) is 4.63. The third-order valence-corrected chi connectivity index (χ3v) is 4.41. The minimum atomic E-state index is -1.31. The first-order valence-corrected chi connectivity index (χ1v) is 9.46. The minimum absolute atomic E-state index is 0.0657. The molecule has 0 aliphatic carbocycles. The predicted octanol–water partition coefficient (Wildman–Crippen LogP) is 1.82. The molecule has 0 aliphatic heterocycles. The monoisotopic (exact) mass is 408 g/mol. The molecular weight excluding hydrogens is 376 g/mol. The second-order valence-corrected chi connectivity index (χ2v) is 8.45. The summed E-state index contributed by atoms with van der Waals surface area (Å²) in [5.74, 6) is -2.84. The van der Waals surface area contributed by atoms with Crippen LogP contribution in [-0.2, 0) is 19.1 Å². The van der Waals surface area contributed by atoms with E-state index >= 15 is 0 Å². The van der Waals surface area contributed by atoms with Crippen molar-refractivity contribution in [2.24, 2.45) is 23.0 Å². The average molecular weight is 408 g/mol. The third-order valence-electron chi connectivity index (χ3n) is 4.41. The van der Waals surface area contributed by atoms with Gasteiger partial charge in [-0.2, -0.15) is 0 Å². The van der Waals surface area contributed by atoms with Crippen molar-refractivity contribution in [3.63, 3.8) is 0 Å². The lowest BCUT2D eigenvalue weighted by molar-refractivity contribution is -0.199. The number of methoxy groups -OCH3 is 1. The zero-order chi connectivity index (χ0) is 22.4. The molecule has 0 fully saturated rings. The van der Waals surface area contributed by atoms with Gasteiger partial charge in [-0.3, -0.25) is 19.6 Å². The largest absolute Gasteiger partial charge is 0.371 e. The molecule has 0 saturated heterocycles. The number of rotatable bonds is 9. The molecule has 1 heterocycles. The Hall–Kier alpha value is -2.52. The van der Waals surface area contributed by atoms with Gasteiger partial charge in [-0.1, -0.05) is 40.7 Å². The number of hydrogen-bond acceptors (Lipinski definition) is 6. The predicted molar refractivity (Wildman–Crippen MR) is 108 cm³/mol. The first-order valence-electron chi connectivity index (χ1n) is 9.46. The molecule has 3 atom stereocenters. The highest BCUT2D eigenvalue weighted by molar-refractivity contribution is 5.98. The van der Waals surface area contributed by atoms with Crippen molar-refractivity contribution in [3.8, 4) is 0 Å². The van der Waals surface area contributed by atoms with Crippen LogP contribution in [0.25, 0.3) is 0 Å². The summed E-state index contributed by atoms with van der Waals surface area (Å²) in [7, 11) is 1.26. The number of anilines is 1. The molecule has 0 spiro atoms. The summed E-state index contributed by atoms with van der Waals surface area (Å²) < 4.78 is 5.22. The summed E-state index contributed by atoms with van der Waals surface area (Å²) in [4.78, 5) is 41.8. The quantitative estimate of drug-likeness (QED) is 0.421. The van der Waals surface area contributed by atoms with Crippen LogP contribution in [0.2, 0.25) is 0 Å². The number of carbonyl (C=O) groups excluding carboxylic acids is 3. The molecule has 0 bridgehead atoms. The van der Waals surface area contributed by atoms with Gasteiger partial charge < -0.3 is 15.8 Å². The van der Waals surface area contributed by atoms with E-state index in [0.29, 0.717) is 11.5 Å². The molecule has 1 aromatic heterocycles. The van der Waals surface area contributed by atoms with Gasteiger partial charge in [0.25, 0.3) is 11.8 Å². The Morgan fingerprint density at radius 3 is 2.31 bits per heavy atom. The fourth-order valence-corrected chi connectivity index (χ4v) is 3.09. The van der Waals surface area contributed by atoms with Crippen molar-refractivity contribution in [1.29, 1.82) is 0 Å². The Morgan fingerprint density at radius 2 is 1.90 bits per heavy atom. The van der Waals surface area contributed by atoms with Crippen LogP contribution in [0.5, 0.6) is 0 Å². The molecule has 1 rings (SSSR count). The number of carbonyl (C=O) groups is 3. The van der Waals surface area contributed by atoms with Crippen molar-refractivity contribution >= 4 is 23.5 Å². The molecule has 0 saturated carbocycles. The highest BCUT2D eigenvalue weighted by atomic mass is 16.5. The third kappa shape index (κ3) is 6.79. The number of hydroxylamine groups is 2. The lowest BCUT2D eigenvalue weighted by atomic mass is 9.84. The van der Waals surface area contributed by atoms with Crippen LogP contribution in [-0.4, -0.2) is 52.2 Å². The Morgan fingerprint density at radius 1 is 1.28 bits per heavy atom. The van der Waals surface area contributed by atoms with Crippen LogP contribution >= 0.6 is 0 Å². The molecule has 0 aliphatic rings. The topological polar surface area (TPSA) is 135 Å². The normalized spacial score (nSPS) is 14.8. The van der Waals surface area contributed by atoms with Crippen molar-refractivity contribution in [1.82, 2.24) is 10.0 Å². The number of pyridine rings is 1. The number of ether oxygens (including phenoxy) is 1. The SMILES string of the molecule is COC(C(=O)N(O)[C@H](C(=O)Nc1ccccn1)C(C)(C)C)C(CC(C)C)C(N)=O. The molecule has 2 unspecified atom stereocenters. The second kappa shape index (κ2) is 10.3. The van der Waals surface area contributed by atoms with E-state index in [1.165, 1.54) is 13.3 Å². The zero-order valence-corrected chi connectivity index (χ0v) is 17.9. The van der Waals surface area contributed by atoms with Gasteiger partial charge >= 0.3 is 0 Å². The number of hydrogen-bond donors (Lipinski definition) is 3. The molecule has 1 aromatic rings. The van der Waals surface area contributed by atoms with Crippen molar-refractivity contribution < 1.29 is 24.3 Å². The van der Waals surface area contributed by atoms with Crippen molar-refractivity contribution in [2.45, 2.75) is 53.2 Å². The van der Waals surface area contributed by atoms with E-state index in [0.717, 1.165) is 0 Å². The van der Waals surface area contributed by atoms with Gasteiger partial charge in [-0.15, -0.1) is 0 Å². The van der Waals surface area contributed by atoms with Crippen LogP contribution in [0.3, 0.4) is 0 Å². The van der Waals surface area contributed by atoms with Gasteiger partial charge in [0.2, 0.25) is 5.91 Å². The van der Waals surface area contributed by atoms with Crippen LogP contribution in [0, 0.1) is 17.3 Å². The smallest absolute Gasteiger partial charge is 0.276 e. The molecule has 9 heteroatoms. The number of nitrogens with one attached hydrogen (secondary N) is 1. The highest BCUT2D eigenvalue weighted by Crippen LogP contribution is 2.27. The fourth-order valence-electron chi connectivity index (χ4n) is 3.09. The van der Waals surface area contributed by atoms with E-state index in [-0.39, 0.29) is 11.7 Å². The van der Waals surface area contributed by atoms with Crippen molar-refractivity contribution in [3.05, 3.63) is 24.4 Å². The summed E-state index contributed by atoms with van der Waals surface area (Å²) in [6.45, 7) is 8.86. The fraction of sp³-hybridized carbons (Fsp3) is 0.600. The van der Waals surface area contributed by atoms with Gasteiger partial charge in [-0.05, 0) is 29.9 Å². The van der Waals surface area contributed by atoms with E-state index in [1.807, 2.05) is 13.8 Å². The molecule has 0 aromatic carbocycles. The maximum atomic E-state index is 13.0. The maximum Gasteiger partial charge on any atom is 0.276 e. The van der Waals surface area contributed by atoms with Gasteiger partial charge in [0.05, 0.1) is 5.92 Å². The standard InChI is InChI=1S/C20H32N4O5/c1-12(2)11-13(17(21)25)15(29-6)19(27)24(28)16(20(3,4)5)18(26)23-14-9-7-8-10-22-14/h7-10,12-13,15-16,28H,11H2,1-6H3,(H2,21,25)(H,22,23,26)/t13?,15?,16-/m1/s1. The Kier molecular flexibility index (Phi) is 8.72. The molecule has 0 radical (unpaired) electrons. The van der Waals surface area contributed by atoms with Crippen LogP contribution in [0.15, 0.2) is 24.4 Å². The summed E-state index contributed by atoms with van der Waals surface area (Å²) in [6, 6.07) is 3.72. The van der Waals surface area contributed by atoms with Crippen LogP contribution in [0.1, 0.15) is 41.0 Å². The molecule has 29 heavy (non-hydrogen) atoms. The van der Waals surface area contributed by atoms with E-state index in [4.69, 9.17) is 10.5 Å². The summed E-state index contributed by atoms with van der Waals surface area (Å²) in [6.07, 6.45) is 0.495. The number of primary amides is 1. The van der Waals surface area contributed by atoms with E-state index < -0.39 is 41.2 Å². The van der Waals surface area contributed by atoms with Gasteiger partial charge in [0, 0.05) is 13.3 Å². The van der Waals surface area contributed by atoms with Gasteiger partial charge in [-0.25, -0.2) is 10.0 Å². The lowest BCUT2D eigenvalue weighted by Gasteiger charge is -2.37. The summed E-state index contributed by atoms with van der Waals surface area (Å²) >= 11 is 0. The number of nitrogens with two attached hydrogens (primary N) is 1. The number of nitrogens with zero attached hydrogens (tertiary/aromatic N) is 2. The Balaban J connectivity index is 3.16. The lowest BCUT2D eigenvalue weighted by Crippen LogP contribution is -2.57. The number of amides is 3. The Labute approximate surface area is 171 Å². The highest BCUT2D eigenvalue weighted by Gasteiger charge is 2.44. The zero-order valence-electron chi connectivity index (χ0n) is 17.9. The first kappa shape index (κ1) is 24.5. The van der Waals surface area contributed by atoms with E-state index in [2.05, 4.69) is 10.3 Å². The second-order valence-electron chi connectivity index (χ2n) is 8.45. The number of aromatic nitrogens is 1.